The first kappa shape index (κ1) is 16.3. The minimum absolute atomic E-state index is 0.289. The Bertz CT molecular complexity index is 864. The van der Waals surface area contributed by atoms with Crippen molar-refractivity contribution >= 4 is 38.6 Å². The van der Waals surface area contributed by atoms with Gasteiger partial charge >= 0.3 is 6.18 Å². The van der Waals surface area contributed by atoms with Crippen LogP contribution in [0.3, 0.4) is 0 Å². The zero-order valence-electron chi connectivity index (χ0n) is 11.9. The quantitative estimate of drug-likeness (QED) is 0.504. The van der Waals surface area contributed by atoms with E-state index in [2.05, 4.69) is 25.9 Å². The Morgan fingerprint density at radius 2 is 1.70 bits per heavy atom. The lowest BCUT2D eigenvalue weighted by molar-refractivity contribution is -0.145. The number of hydrogen-bond acceptors (Lipinski definition) is 3. The van der Waals surface area contributed by atoms with Crippen LogP contribution in [0.2, 0.25) is 0 Å². The first-order chi connectivity index (χ1) is 10.8. The van der Waals surface area contributed by atoms with Gasteiger partial charge in [0, 0.05) is 14.8 Å². The summed E-state index contributed by atoms with van der Waals surface area (Å²) in [5, 5.41) is 0.916. The molecule has 0 saturated carbocycles. The van der Waals surface area contributed by atoms with E-state index < -0.39 is 12.0 Å². The molecule has 7 heteroatoms. The predicted octanol–water partition coefficient (Wildman–Crippen LogP) is 5.87. The lowest BCUT2D eigenvalue weighted by atomic mass is 10.2. The largest absolute Gasteiger partial charge is 0.451 e. The van der Waals surface area contributed by atoms with E-state index in [9.17, 15) is 13.2 Å². The van der Waals surface area contributed by atoms with Crippen molar-refractivity contribution in [1.29, 1.82) is 0 Å². The highest BCUT2D eigenvalue weighted by atomic mass is 79.9. The summed E-state index contributed by atoms with van der Waals surface area (Å²) in [6, 6.07) is 12.5. The fourth-order valence-electron chi connectivity index (χ4n) is 2.03. The molecule has 1 aromatic heterocycles. The molecule has 0 radical (unpaired) electrons. The fraction of sp³-hybridized carbons (Fsp3) is 0.125. The van der Waals surface area contributed by atoms with Gasteiger partial charge in [0.25, 0.3) is 0 Å². The molecule has 23 heavy (non-hydrogen) atoms. The average molecular weight is 399 g/mol. The number of aryl methyl sites for hydroxylation is 1. The van der Waals surface area contributed by atoms with E-state index in [1.54, 1.807) is 18.2 Å². The van der Waals surface area contributed by atoms with Crippen molar-refractivity contribution in [3.05, 3.63) is 58.3 Å². The predicted molar refractivity (Wildman–Crippen MR) is 87.5 cm³/mol. The van der Waals surface area contributed by atoms with Gasteiger partial charge in [0.15, 0.2) is 0 Å². The Labute approximate surface area is 143 Å². The second-order valence-corrected chi connectivity index (χ2v) is 6.90. The van der Waals surface area contributed by atoms with Crippen molar-refractivity contribution in [1.82, 2.24) is 9.97 Å². The normalized spacial score (nSPS) is 11.9. The van der Waals surface area contributed by atoms with Crippen LogP contribution in [-0.4, -0.2) is 9.97 Å². The zero-order valence-corrected chi connectivity index (χ0v) is 14.3. The molecule has 118 valence electrons. The van der Waals surface area contributed by atoms with Gasteiger partial charge in [0.1, 0.15) is 5.03 Å². The standard InChI is InChI=1S/C16H10BrF3N2S/c1-9-2-7-13-12(8-9)14(22-15(21-13)16(18,19)20)23-11-5-3-10(17)4-6-11/h2-8H,1H3. The van der Waals surface area contributed by atoms with Crippen LogP contribution in [0.4, 0.5) is 13.2 Å². The maximum absolute atomic E-state index is 13.0. The maximum atomic E-state index is 13.0. The summed E-state index contributed by atoms with van der Waals surface area (Å²) in [4.78, 5) is 8.20. The molecule has 0 spiro atoms. The molecule has 0 atom stereocenters. The number of alkyl halides is 3. The molecular formula is C16H10BrF3N2S. The fourth-order valence-corrected chi connectivity index (χ4v) is 3.20. The molecule has 2 aromatic carbocycles. The van der Waals surface area contributed by atoms with Gasteiger partial charge in [0.05, 0.1) is 5.52 Å². The summed E-state index contributed by atoms with van der Waals surface area (Å²) >= 11 is 4.53. The maximum Gasteiger partial charge on any atom is 0.451 e. The third kappa shape index (κ3) is 3.67. The van der Waals surface area contributed by atoms with Gasteiger partial charge in [-0.05, 0) is 43.3 Å². The van der Waals surface area contributed by atoms with Gasteiger partial charge in [-0.2, -0.15) is 13.2 Å². The van der Waals surface area contributed by atoms with Crippen LogP contribution < -0.4 is 0 Å². The molecule has 0 N–H and O–H groups in total. The Morgan fingerprint density at radius 1 is 1.00 bits per heavy atom. The number of nitrogens with zero attached hydrogens (tertiary/aromatic N) is 2. The van der Waals surface area contributed by atoms with Gasteiger partial charge in [-0.3, -0.25) is 0 Å². The summed E-state index contributed by atoms with van der Waals surface area (Å²) in [5.41, 5.74) is 1.23. The van der Waals surface area contributed by atoms with Crippen LogP contribution in [0.5, 0.6) is 0 Å². The monoisotopic (exact) mass is 398 g/mol. The van der Waals surface area contributed by atoms with Crippen molar-refractivity contribution in [2.24, 2.45) is 0 Å². The molecule has 2 nitrogen and oxygen atoms in total. The van der Waals surface area contributed by atoms with Crippen LogP contribution >= 0.6 is 27.7 Å². The van der Waals surface area contributed by atoms with E-state index in [1.165, 1.54) is 11.8 Å². The van der Waals surface area contributed by atoms with E-state index in [1.807, 2.05) is 31.2 Å². The van der Waals surface area contributed by atoms with E-state index in [0.29, 0.717) is 10.4 Å². The highest BCUT2D eigenvalue weighted by Crippen LogP contribution is 2.35. The van der Waals surface area contributed by atoms with Crippen LogP contribution in [0.25, 0.3) is 10.9 Å². The molecule has 0 amide bonds. The minimum Gasteiger partial charge on any atom is -0.224 e. The van der Waals surface area contributed by atoms with Gasteiger partial charge in [-0.25, -0.2) is 9.97 Å². The SMILES string of the molecule is Cc1ccc2nc(C(F)(F)F)nc(Sc3ccc(Br)cc3)c2c1. The van der Waals surface area contributed by atoms with Crippen molar-refractivity contribution in [2.45, 2.75) is 23.0 Å². The summed E-state index contributed by atoms with van der Waals surface area (Å²) in [7, 11) is 0. The van der Waals surface area contributed by atoms with E-state index in [-0.39, 0.29) is 5.52 Å². The Kier molecular flexibility index (Phi) is 4.33. The molecule has 0 fully saturated rings. The number of fused-ring (bicyclic) bond motifs is 1. The van der Waals surface area contributed by atoms with Gasteiger partial charge < -0.3 is 0 Å². The summed E-state index contributed by atoms with van der Waals surface area (Å²) in [6.07, 6.45) is -4.58. The highest BCUT2D eigenvalue weighted by molar-refractivity contribution is 9.10. The minimum atomic E-state index is -4.58. The molecule has 0 unspecified atom stereocenters. The molecule has 0 bridgehead atoms. The van der Waals surface area contributed by atoms with Crippen LogP contribution in [0, 0.1) is 6.92 Å². The second-order valence-electron chi connectivity index (χ2n) is 4.93. The Hall–Kier alpha value is -1.60. The van der Waals surface area contributed by atoms with Crippen LogP contribution in [-0.2, 0) is 6.18 Å². The van der Waals surface area contributed by atoms with Gasteiger partial charge in [0.2, 0.25) is 5.82 Å². The molecule has 0 saturated heterocycles. The molecule has 3 rings (SSSR count). The number of benzene rings is 2. The molecule has 0 aliphatic carbocycles. The Balaban J connectivity index is 2.15. The first-order valence-corrected chi connectivity index (χ1v) is 8.23. The average Bonchev–Trinajstić information content (AvgIpc) is 2.49. The van der Waals surface area contributed by atoms with Crippen molar-refractivity contribution in [2.75, 3.05) is 0 Å². The van der Waals surface area contributed by atoms with E-state index in [4.69, 9.17) is 0 Å². The zero-order chi connectivity index (χ0) is 16.6. The number of hydrogen-bond donors (Lipinski definition) is 0. The molecule has 0 aliphatic rings. The summed E-state index contributed by atoms with van der Waals surface area (Å²) in [5.74, 6) is -1.12. The number of rotatable bonds is 2. The van der Waals surface area contributed by atoms with Gasteiger partial charge in [-0.15, -0.1) is 0 Å². The summed E-state index contributed by atoms with van der Waals surface area (Å²) < 4.78 is 40.0. The summed E-state index contributed by atoms with van der Waals surface area (Å²) in [6.45, 7) is 1.88. The topological polar surface area (TPSA) is 25.8 Å². The molecule has 0 aliphatic heterocycles. The number of halogens is 4. The van der Waals surface area contributed by atoms with Crippen LogP contribution in [0.15, 0.2) is 56.9 Å². The van der Waals surface area contributed by atoms with Crippen LogP contribution in [0.1, 0.15) is 11.4 Å². The smallest absolute Gasteiger partial charge is 0.224 e. The number of aromatic nitrogens is 2. The third-order valence-electron chi connectivity index (χ3n) is 3.10. The Morgan fingerprint density at radius 3 is 2.35 bits per heavy atom. The first-order valence-electron chi connectivity index (χ1n) is 6.62. The molecular weight excluding hydrogens is 389 g/mol. The molecule has 3 aromatic rings. The van der Waals surface area contributed by atoms with Crippen molar-refractivity contribution < 1.29 is 13.2 Å². The highest BCUT2D eigenvalue weighted by Gasteiger charge is 2.35. The third-order valence-corrected chi connectivity index (χ3v) is 4.64. The van der Waals surface area contributed by atoms with E-state index >= 15 is 0 Å². The van der Waals surface area contributed by atoms with Gasteiger partial charge in [-0.1, -0.05) is 39.3 Å². The van der Waals surface area contributed by atoms with Crippen molar-refractivity contribution in [3.8, 4) is 0 Å². The van der Waals surface area contributed by atoms with E-state index in [0.717, 1.165) is 14.9 Å². The molecule has 1 heterocycles. The lowest BCUT2D eigenvalue weighted by Crippen LogP contribution is -2.11. The lowest BCUT2D eigenvalue weighted by Gasteiger charge is -2.11. The van der Waals surface area contributed by atoms with Crippen molar-refractivity contribution in [3.63, 3.8) is 0 Å². The second kappa shape index (κ2) is 6.13.